The third-order valence-electron chi connectivity index (χ3n) is 2.47. The summed E-state index contributed by atoms with van der Waals surface area (Å²) >= 11 is 0. The van der Waals surface area contributed by atoms with Gasteiger partial charge in [0.15, 0.2) is 6.29 Å². The molecule has 0 radical (unpaired) electrons. The molecule has 0 unspecified atom stereocenters. The number of hydrogen-bond acceptors (Lipinski definition) is 5. The van der Waals surface area contributed by atoms with Gasteiger partial charge < -0.3 is 15.5 Å². The molecule has 6 heteroatoms. The summed E-state index contributed by atoms with van der Waals surface area (Å²) in [5.74, 6) is -0.0913. The molecule has 0 saturated heterocycles. The molecular weight excluding hydrogens is 308 g/mol. The Kier molecular flexibility index (Phi) is 16.3. The standard InChI is InChI=1S/C12H9NO2.C3H9N.C2H6.CH2O2/c14-8-11-12(15)6-10(7-13-11)9-4-2-1-3-5-9;1-3-4-2;1-2;2-1-3/h1-8,15H;4H,3H2,1-2H3;1-2H3;1H,(H,2,3). The van der Waals surface area contributed by atoms with Crippen LogP contribution in [0.5, 0.6) is 5.75 Å². The van der Waals surface area contributed by atoms with Gasteiger partial charge in [0.05, 0.1) is 0 Å². The lowest BCUT2D eigenvalue weighted by molar-refractivity contribution is -0.122. The Morgan fingerprint density at radius 2 is 1.62 bits per heavy atom. The zero-order valence-electron chi connectivity index (χ0n) is 14.6. The molecule has 0 fully saturated rings. The molecule has 0 amide bonds. The van der Waals surface area contributed by atoms with Crippen LogP contribution in [0.3, 0.4) is 0 Å². The summed E-state index contributed by atoms with van der Waals surface area (Å²) < 4.78 is 0. The van der Waals surface area contributed by atoms with Gasteiger partial charge in [0, 0.05) is 11.8 Å². The fourth-order valence-corrected chi connectivity index (χ4v) is 1.34. The molecule has 0 bridgehead atoms. The molecule has 3 N–H and O–H groups in total. The van der Waals surface area contributed by atoms with Gasteiger partial charge in [-0.05, 0) is 25.2 Å². The molecule has 0 saturated carbocycles. The third kappa shape index (κ3) is 10.1. The maximum atomic E-state index is 10.5. The number of rotatable bonds is 3. The van der Waals surface area contributed by atoms with Gasteiger partial charge in [-0.25, -0.2) is 4.98 Å². The third-order valence-corrected chi connectivity index (χ3v) is 2.47. The Labute approximate surface area is 143 Å². The number of nitrogens with one attached hydrogen (secondary N) is 1. The Morgan fingerprint density at radius 3 is 2.00 bits per heavy atom. The van der Waals surface area contributed by atoms with Crippen LogP contribution in [-0.2, 0) is 4.79 Å². The SMILES string of the molecule is CC.CCNC.O=CO.O=Cc1ncc(-c2ccccc2)cc1O. The minimum Gasteiger partial charge on any atom is -0.506 e. The van der Waals surface area contributed by atoms with Gasteiger partial charge in [0.25, 0.3) is 6.47 Å². The van der Waals surface area contributed by atoms with Crippen molar-refractivity contribution < 1.29 is 19.8 Å². The first-order chi connectivity index (χ1) is 11.6. The summed E-state index contributed by atoms with van der Waals surface area (Å²) in [6, 6.07) is 11.1. The van der Waals surface area contributed by atoms with Crippen LogP contribution < -0.4 is 5.32 Å². The van der Waals surface area contributed by atoms with Gasteiger partial charge in [-0.2, -0.15) is 0 Å². The molecule has 24 heavy (non-hydrogen) atoms. The van der Waals surface area contributed by atoms with Crippen LogP contribution in [0.1, 0.15) is 31.3 Å². The van der Waals surface area contributed by atoms with Crippen molar-refractivity contribution in [3.8, 4) is 16.9 Å². The number of pyridine rings is 1. The second kappa shape index (κ2) is 16.6. The number of aldehydes is 1. The van der Waals surface area contributed by atoms with E-state index in [0.717, 1.165) is 17.7 Å². The first kappa shape index (κ1) is 23.5. The number of aromatic nitrogens is 1. The van der Waals surface area contributed by atoms with E-state index in [0.29, 0.717) is 6.29 Å². The maximum Gasteiger partial charge on any atom is 0.290 e. The predicted octanol–water partition coefficient (Wildman–Crippen LogP) is 3.22. The zero-order chi connectivity index (χ0) is 18.8. The molecule has 2 aromatic rings. The number of carbonyl (C=O) groups is 2. The largest absolute Gasteiger partial charge is 0.506 e. The van der Waals surface area contributed by atoms with E-state index in [-0.39, 0.29) is 17.9 Å². The fraction of sp³-hybridized carbons (Fsp3) is 0.278. The van der Waals surface area contributed by atoms with Crippen molar-refractivity contribution in [1.82, 2.24) is 10.3 Å². The molecule has 132 valence electrons. The van der Waals surface area contributed by atoms with E-state index in [1.165, 1.54) is 6.07 Å². The Morgan fingerprint density at radius 1 is 1.12 bits per heavy atom. The van der Waals surface area contributed by atoms with Crippen molar-refractivity contribution in [2.75, 3.05) is 13.6 Å². The molecule has 0 atom stereocenters. The van der Waals surface area contributed by atoms with Crippen LogP contribution in [0, 0.1) is 0 Å². The highest BCUT2D eigenvalue weighted by Gasteiger charge is 2.04. The molecule has 0 aliphatic carbocycles. The van der Waals surface area contributed by atoms with Gasteiger partial charge >= 0.3 is 0 Å². The quantitative estimate of drug-likeness (QED) is 0.745. The van der Waals surface area contributed by atoms with E-state index < -0.39 is 0 Å². The van der Waals surface area contributed by atoms with E-state index in [2.05, 4.69) is 17.2 Å². The zero-order valence-corrected chi connectivity index (χ0v) is 14.6. The first-order valence-electron chi connectivity index (χ1n) is 7.56. The number of nitrogens with zero attached hydrogens (tertiary/aromatic N) is 1. The van der Waals surface area contributed by atoms with Crippen molar-refractivity contribution >= 4 is 12.8 Å². The number of carbonyl (C=O) groups excluding carboxylic acids is 1. The first-order valence-corrected chi connectivity index (χ1v) is 7.56. The highest BCUT2D eigenvalue weighted by Crippen LogP contribution is 2.23. The number of aromatic hydroxyl groups is 1. The minimum absolute atomic E-state index is 0.0645. The molecule has 1 aromatic carbocycles. The molecule has 0 spiro atoms. The Hall–Kier alpha value is -2.73. The monoisotopic (exact) mass is 334 g/mol. The average molecular weight is 334 g/mol. The lowest BCUT2D eigenvalue weighted by atomic mass is 10.1. The Balaban J connectivity index is 0. The molecule has 0 aliphatic rings. The highest BCUT2D eigenvalue weighted by atomic mass is 16.3. The van der Waals surface area contributed by atoms with Crippen molar-refractivity contribution in [2.24, 2.45) is 0 Å². The predicted molar refractivity (Wildman–Crippen MR) is 96.4 cm³/mol. The lowest BCUT2D eigenvalue weighted by Crippen LogP contribution is -2.01. The number of benzene rings is 1. The average Bonchev–Trinajstić information content (AvgIpc) is 2.65. The van der Waals surface area contributed by atoms with Gasteiger partial charge in [-0.3, -0.25) is 9.59 Å². The van der Waals surface area contributed by atoms with Crippen molar-refractivity contribution in [3.63, 3.8) is 0 Å². The van der Waals surface area contributed by atoms with Crippen LogP contribution in [0.25, 0.3) is 11.1 Å². The summed E-state index contributed by atoms with van der Waals surface area (Å²) in [6.45, 7) is 6.89. The number of carboxylic acid groups (broad SMARTS) is 1. The van der Waals surface area contributed by atoms with Crippen LogP contribution in [0.15, 0.2) is 42.6 Å². The second-order valence-corrected chi connectivity index (χ2v) is 3.92. The van der Waals surface area contributed by atoms with E-state index in [1.54, 1.807) is 6.20 Å². The number of hydrogen-bond donors (Lipinski definition) is 3. The molecule has 6 nitrogen and oxygen atoms in total. The summed E-state index contributed by atoms with van der Waals surface area (Å²) in [5, 5.41) is 19.3. The van der Waals surface area contributed by atoms with Crippen LogP contribution in [0.2, 0.25) is 0 Å². The lowest BCUT2D eigenvalue weighted by Gasteiger charge is -2.02. The summed E-state index contributed by atoms with van der Waals surface area (Å²) in [4.78, 5) is 22.7. The van der Waals surface area contributed by atoms with Crippen LogP contribution in [0.4, 0.5) is 0 Å². The summed E-state index contributed by atoms with van der Waals surface area (Å²) in [5.41, 5.74) is 1.81. The molecule has 0 aliphatic heterocycles. The molecule has 1 heterocycles. The van der Waals surface area contributed by atoms with Gasteiger partial charge in [0.1, 0.15) is 11.4 Å². The molecule has 2 rings (SSSR count). The van der Waals surface area contributed by atoms with Crippen molar-refractivity contribution in [2.45, 2.75) is 20.8 Å². The smallest absolute Gasteiger partial charge is 0.290 e. The molecular formula is C18H26N2O4. The van der Waals surface area contributed by atoms with Crippen molar-refractivity contribution in [3.05, 3.63) is 48.3 Å². The van der Waals surface area contributed by atoms with E-state index in [4.69, 9.17) is 9.90 Å². The normalized spacial score (nSPS) is 8.17. The Bertz CT molecular complexity index is 558. The second-order valence-electron chi connectivity index (χ2n) is 3.92. The molecule has 1 aromatic heterocycles. The van der Waals surface area contributed by atoms with Crippen LogP contribution in [-0.4, -0.2) is 41.5 Å². The minimum atomic E-state index is -0.250. The summed E-state index contributed by atoms with van der Waals surface area (Å²) in [7, 11) is 1.93. The van der Waals surface area contributed by atoms with Crippen LogP contribution >= 0.6 is 0 Å². The van der Waals surface area contributed by atoms with Gasteiger partial charge in [-0.1, -0.05) is 51.1 Å². The van der Waals surface area contributed by atoms with Gasteiger partial charge in [0.2, 0.25) is 0 Å². The van der Waals surface area contributed by atoms with E-state index in [1.807, 2.05) is 51.2 Å². The fourth-order valence-electron chi connectivity index (χ4n) is 1.34. The summed E-state index contributed by atoms with van der Waals surface area (Å²) in [6.07, 6.45) is 2.10. The maximum absolute atomic E-state index is 10.5. The topological polar surface area (TPSA) is 99.5 Å². The highest BCUT2D eigenvalue weighted by molar-refractivity contribution is 5.78. The van der Waals surface area contributed by atoms with Gasteiger partial charge in [-0.15, -0.1) is 0 Å². The van der Waals surface area contributed by atoms with E-state index in [9.17, 15) is 9.90 Å². The van der Waals surface area contributed by atoms with Crippen molar-refractivity contribution in [1.29, 1.82) is 0 Å². The van der Waals surface area contributed by atoms with E-state index >= 15 is 0 Å².